The maximum atomic E-state index is 12.9. The van der Waals surface area contributed by atoms with Crippen molar-refractivity contribution in [2.45, 2.75) is 6.92 Å². The molecule has 1 aromatic heterocycles. The lowest BCUT2D eigenvalue weighted by atomic mass is 9.92. The van der Waals surface area contributed by atoms with Crippen molar-refractivity contribution in [1.29, 1.82) is 5.26 Å². The number of halogens is 1. The van der Waals surface area contributed by atoms with E-state index in [2.05, 4.69) is 4.98 Å². The lowest BCUT2D eigenvalue weighted by Crippen LogP contribution is -2.12. The molecule has 0 saturated heterocycles. The van der Waals surface area contributed by atoms with Gasteiger partial charge < -0.3 is 0 Å². The fourth-order valence-electron chi connectivity index (χ4n) is 0.709. The van der Waals surface area contributed by atoms with Crippen molar-refractivity contribution in [2.75, 3.05) is 0 Å². The van der Waals surface area contributed by atoms with E-state index >= 15 is 0 Å². The molecule has 0 aliphatic heterocycles. The second-order valence-electron chi connectivity index (χ2n) is 2.10. The van der Waals surface area contributed by atoms with Crippen LogP contribution in [0.4, 0.5) is 4.39 Å². The molecule has 52 valence electrons. The van der Waals surface area contributed by atoms with Gasteiger partial charge in [0.1, 0.15) is 13.9 Å². The van der Waals surface area contributed by atoms with Crippen LogP contribution in [-0.4, -0.2) is 12.8 Å². The van der Waals surface area contributed by atoms with Gasteiger partial charge in [0.05, 0.1) is 11.3 Å². The average Bonchev–Trinajstić information content (AvgIpc) is 1.99. The molecule has 0 bridgehead atoms. The van der Waals surface area contributed by atoms with Gasteiger partial charge in [0.2, 0.25) is 0 Å². The third-order valence-electron chi connectivity index (χ3n) is 1.33. The van der Waals surface area contributed by atoms with Crippen LogP contribution in [0.1, 0.15) is 11.3 Å². The Morgan fingerprint density at radius 3 is 2.82 bits per heavy atom. The van der Waals surface area contributed by atoms with Crippen LogP contribution < -0.4 is 5.46 Å². The van der Waals surface area contributed by atoms with Gasteiger partial charge in [-0.3, -0.25) is 4.98 Å². The molecule has 0 unspecified atom stereocenters. The van der Waals surface area contributed by atoms with Crippen molar-refractivity contribution in [3.63, 3.8) is 0 Å². The first-order valence-electron chi connectivity index (χ1n) is 2.97. The Labute approximate surface area is 65.1 Å². The molecular weight excluding hydrogens is 142 g/mol. The second-order valence-corrected chi connectivity index (χ2v) is 2.10. The highest BCUT2D eigenvalue weighted by molar-refractivity contribution is 6.33. The smallest absolute Gasteiger partial charge is 0.161 e. The number of pyridine rings is 1. The van der Waals surface area contributed by atoms with Crippen molar-refractivity contribution in [3.8, 4) is 6.07 Å². The van der Waals surface area contributed by atoms with E-state index in [9.17, 15) is 4.39 Å². The van der Waals surface area contributed by atoms with Crippen LogP contribution in [0.15, 0.2) is 6.20 Å². The van der Waals surface area contributed by atoms with Gasteiger partial charge in [-0.25, -0.2) is 4.39 Å². The molecule has 0 amide bonds. The van der Waals surface area contributed by atoms with E-state index in [4.69, 9.17) is 13.1 Å². The highest BCUT2D eigenvalue weighted by atomic mass is 19.1. The topological polar surface area (TPSA) is 36.7 Å². The third kappa shape index (κ3) is 1.22. The van der Waals surface area contributed by atoms with Gasteiger partial charge in [0, 0.05) is 6.20 Å². The molecule has 1 rings (SSSR count). The lowest BCUT2D eigenvalue weighted by Gasteiger charge is -1.99. The number of hydrogen-bond acceptors (Lipinski definition) is 2. The number of hydrogen-bond donors (Lipinski definition) is 0. The van der Waals surface area contributed by atoms with E-state index in [0.717, 1.165) is 0 Å². The van der Waals surface area contributed by atoms with E-state index in [1.165, 1.54) is 13.1 Å². The molecule has 4 heteroatoms. The monoisotopic (exact) mass is 146 g/mol. The van der Waals surface area contributed by atoms with Crippen LogP contribution in [0.25, 0.3) is 0 Å². The van der Waals surface area contributed by atoms with Crippen LogP contribution in [0.2, 0.25) is 0 Å². The first-order chi connectivity index (χ1) is 5.16. The summed E-state index contributed by atoms with van der Waals surface area (Å²) in [5.74, 6) is -0.632. The molecule has 0 saturated carbocycles. The maximum Gasteiger partial charge on any atom is 0.161 e. The van der Waals surface area contributed by atoms with E-state index in [1.807, 2.05) is 0 Å². The average molecular weight is 146 g/mol. The van der Waals surface area contributed by atoms with Gasteiger partial charge in [-0.05, 0) is 6.92 Å². The van der Waals surface area contributed by atoms with E-state index in [1.54, 1.807) is 6.07 Å². The van der Waals surface area contributed by atoms with Gasteiger partial charge in [-0.15, -0.1) is 0 Å². The quantitative estimate of drug-likeness (QED) is 0.490. The van der Waals surface area contributed by atoms with Crippen molar-refractivity contribution in [2.24, 2.45) is 0 Å². The molecule has 1 aromatic rings. The largest absolute Gasteiger partial charge is 0.259 e. The molecule has 0 aromatic carbocycles. The number of aryl methyl sites for hydroxylation is 1. The van der Waals surface area contributed by atoms with Crippen molar-refractivity contribution < 1.29 is 4.39 Å². The highest BCUT2D eigenvalue weighted by Gasteiger charge is 2.07. The van der Waals surface area contributed by atoms with Gasteiger partial charge in [-0.2, -0.15) is 5.26 Å². The lowest BCUT2D eigenvalue weighted by molar-refractivity contribution is 0.607. The number of nitriles is 1. The standard InChI is InChI=1S/C7H4BFN2/c1-4-7(9)5(2-10)6(8)3-11-4/h3H,1H3. The highest BCUT2D eigenvalue weighted by Crippen LogP contribution is 2.04. The Bertz CT molecular complexity index is 330. The summed E-state index contributed by atoms with van der Waals surface area (Å²) in [5.41, 5.74) is 0.142. The van der Waals surface area contributed by atoms with Crippen molar-refractivity contribution >= 4 is 13.3 Å². The Kier molecular flexibility index (Phi) is 1.90. The first-order valence-corrected chi connectivity index (χ1v) is 2.97. The zero-order valence-corrected chi connectivity index (χ0v) is 5.93. The molecule has 2 radical (unpaired) electrons. The Morgan fingerprint density at radius 2 is 2.36 bits per heavy atom. The zero-order valence-electron chi connectivity index (χ0n) is 5.93. The summed E-state index contributed by atoms with van der Waals surface area (Å²) in [7, 11) is 5.28. The molecule has 11 heavy (non-hydrogen) atoms. The summed E-state index contributed by atoms with van der Waals surface area (Å²) >= 11 is 0. The van der Waals surface area contributed by atoms with Crippen LogP contribution in [0, 0.1) is 24.1 Å². The summed E-state index contributed by atoms with van der Waals surface area (Å²) in [6.07, 6.45) is 1.27. The summed E-state index contributed by atoms with van der Waals surface area (Å²) in [6.45, 7) is 1.48. The maximum absolute atomic E-state index is 12.9. The molecule has 0 atom stereocenters. The zero-order chi connectivity index (χ0) is 8.43. The number of aromatic nitrogens is 1. The van der Waals surface area contributed by atoms with Crippen molar-refractivity contribution in [1.82, 2.24) is 4.98 Å². The normalized spacial score (nSPS) is 9.18. The molecule has 1 heterocycles. The fourth-order valence-corrected chi connectivity index (χ4v) is 0.709. The third-order valence-corrected chi connectivity index (χ3v) is 1.33. The predicted molar refractivity (Wildman–Crippen MR) is 39.0 cm³/mol. The molecule has 0 aliphatic rings. The van der Waals surface area contributed by atoms with Gasteiger partial charge in [0.15, 0.2) is 5.82 Å². The molecule has 0 N–H and O–H groups in total. The van der Waals surface area contributed by atoms with Crippen LogP contribution in [0.5, 0.6) is 0 Å². The molecule has 0 aliphatic carbocycles. The van der Waals surface area contributed by atoms with Crippen molar-refractivity contribution in [3.05, 3.63) is 23.3 Å². The minimum absolute atomic E-state index is 0.0793. The minimum Gasteiger partial charge on any atom is -0.259 e. The molecular formula is C7H4BFN2. The number of nitrogens with zero attached hydrogens (tertiary/aromatic N) is 2. The molecule has 2 nitrogen and oxygen atoms in total. The number of rotatable bonds is 0. The van der Waals surface area contributed by atoms with Crippen LogP contribution in [0.3, 0.4) is 0 Å². The van der Waals surface area contributed by atoms with E-state index < -0.39 is 5.82 Å². The summed E-state index contributed by atoms with van der Waals surface area (Å²) in [4.78, 5) is 3.64. The van der Waals surface area contributed by atoms with Gasteiger partial charge >= 0.3 is 0 Å². The Morgan fingerprint density at radius 1 is 1.73 bits per heavy atom. The summed E-state index contributed by atoms with van der Waals surface area (Å²) < 4.78 is 12.9. The Balaban J connectivity index is 3.44. The van der Waals surface area contributed by atoms with Gasteiger partial charge in [0.25, 0.3) is 0 Å². The predicted octanol–water partition coefficient (Wildman–Crippen LogP) is 0.195. The fraction of sp³-hybridized carbons (Fsp3) is 0.143. The SMILES string of the molecule is [B]c1cnc(C)c(F)c1C#N. The van der Waals surface area contributed by atoms with E-state index in [-0.39, 0.29) is 16.7 Å². The molecule has 0 fully saturated rings. The minimum atomic E-state index is -0.632. The van der Waals surface area contributed by atoms with Crippen LogP contribution in [-0.2, 0) is 0 Å². The van der Waals surface area contributed by atoms with Gasteiger partial charge in [-0.1, -0.05) is 5.46 Å². The van der Waals surface area contributed by atoms with Crippen LogP contribution >= 0.6 is 0 Å². The molecule has 0 spiro atoms. The second kappa shape index (κ2) is 2.71. The Hall–Kier alpha value is -1.37. The summed E-state index contributed by atoms with van der Waals surface area (Å²) in [5, 5.41) is 8.43. The first kappa shape index (κ1) is 7.74. The summed E-state index contributed by atoms with van der Waals surface area (Å²) in [6, 6.07) is 1.66. The van der Waals surface area contributed by atoms with E-state index in [0.29, 0.717) is 0 Å².